The first-order valence-corrected chi connectivity index (χ1v) is 13.2. The predicted octanol–water partition coefficient (Wildman–Crippen LogP) is 5.77. The molecule has 2 atom stereocenters. The van der Waals surface area contributed by atoms with Crippen molar-refractivity contribution in [2.45, 2.75) is 76.9 Å². The Morgan fingerprint density at radius 3 is 2.21 bits per heavy atom. The van der Waals surface area contributed by atoms with E-state index in [2.05, 4.69) is 71.7 Å². The third-order valence-corrected chi connectivity index (χ3v) is 7.26. The summed E-state index contributed by atoms with van der Waals surface area (Å²) in [6.45, 7) is 6.14. The van der Waals surface area contributed by atoms with Crippen molar-refractivity contribution in [2.75, 3.05) is 31.5 Å². The van der Waals surface area contributed by atoms with Crippen LogP contribution in [0.15, 0.2) is 54.6 Å². The highest BCUT2D eigenvalue weighted by molar-refractivity contribution is 5.45. The van der Waals surface area contributed by atoms with Gasteiger partial charge < -0.3 is 16.2 Å². The van der Waals surface area contributed by atoms with Crippen molar-refractivity contribution < 1.29 is 5.11 Å². The number of benzene rings is 2. The molecule has 0 amide bonds. The van der Waals surface area contributed by atoms with Crippen LogP contribution in [-0.4, -0.2) is 42.2 Å². The van der Waals surface area contributed by atoms with Crippen LogP contribution in [0, 0.1) is 5.92 Å². The molecular weight excluding hydrogens is 406 g/mol. The number of unbranched alkanes of at least 4 members (excludes halogenated alkanes) is 5. The molecule has 0 unspecified atom stereocenters. The zero-order valence-electron chi connectivity index (χ0n) is 20.6. The molecule has 0 saturated carbocycles. The second-order valence-corrected chi connectivity index (χ2v) is 9.81. The van der Waals surface area contributed by atoms with Crippen molar-refractivity contribution in [2.24, 2.45) is 11.7 Å². The molecule has 4 nitrogen and oxygen atoms in total. The predicted molar refractivity (Wildman–Crippen MR) is 141 cm³/mol. The van der Waals surface area contributed by atoms with Crippen LogP contribution in [0.2, 0.25) is 0 Å². The minimum Gasteiger partial charge on any atom is -0.387 e. The standard InChI is InChI=1S/C29H45N3O/c1-24(32-21-17-26(18-22-32)23-25-11-7-6-8-12-25)29(33)27-13-15-28(16-14-27)31-20-10-5-3-2-4-9-19-30/h6-8,11-16,24,26,29,31,33H,2-5,9-10,17-23,30H2,1H3/t24-,29+/m1/s1. The normalized spacial score (nSPS) is 17.1. The number of aliphatic hydroxyl groups excluding tert-OH is 1. The fraction of sp³-hybridized carbons (Fsp3) is 0.586. The van der Waals surface area contributed by atoms with Gasteiger partial charge in [0.2, 0.25) is 0 Å². The molecule has 2 aromatic rings. The Bertz CT molecular complexity index is 756. The number of nitrogens with one attached hydrogen (secondary N) is 1. The van der Waals surface area contributed by atoms with Crippen LogP contribution in [0.5, 0.6) is 0 Å². The Balaban J connectivity index is 1.36. The summed E-state index contributed by atoms with van der Waals surface area (Å²) in [6.07, 6.45) is 10.6. The third kappa shape index (κ3) is 8.77. The molecular formula is C29H45N3O. The summed E-state index contributed by atoms with van der Waals surface area (Å²) in [7, 11) is 0. The van der Waals surface area contributed by atoms with Crippen LogP contribution in [-0.2, 0) is 6.42 Å². The lowest BCUT2D eigenvalue weighted by atomic mass is 9.89. The summed E-state index contributed by atoms with van der Waals surface area (Å²) in [5.74, 6) is 0.754. The smallest absolute Gasteiger partial charge is 0.0942 e. The molecule has 1 fully saturated rings. The number of rotatable bonds is 14. The van der Waals surface area contributed by atoms with E-state index in [0.29, 0.717) is 0 Å². The third-order valence-electron chi connectivity index (χ3n) is 7.26. The van der Waals surface area contributed by atoms with Crippen molar-refractivity contribution in [3.8, 4) is 0 Å². The zero-order chi connectivity index (χ0) is 23.3. The topological polar surface area (TPSA) is 61.5 Å². The number of anilines is 1. The summed E-state index contributed by atoms with van der Waals surface area (Å²) in [5, 5.41) is 14.5. The first-order chi connectivity index (χ1) is 16.2. The lowest BCUT2D eigenvalue weighted by molar-refractivity contribution is 0.0373. The molecule has 3 rings (SSSR count). The molecule has 2 aromatic carbocycles. The highest BCUT2D eigenvalue weighted by Crippen LogP contribution is 2.28. The van der Waals surface area contributed by atoms with Gasteiger partial charge >= 0.3 is 0 Å². The van der Waals surface area contributed by atoms with Gasteiger partial charge in [0.1, 0.15) is 0 Å². The zero-order valence-corrected chi connectivity index (χ0v) is 20.6. The average Bonchev–Trinajstić information content (AvgIpc) is 2.86. The fourth-order valence-electron chi connectivity index (χ4n) is 5.00. The second kappa shape index (κ2) is 14.4. The van der Waals surface area contributed by atoms with Gasteiger partial charge in [-0.25, -0.2) is 0 Å². The Hall–Kier alpha value is -1.88. The van der Waals surface area contributed by atoms with Crippen molar-refractivity contribution in [1.29, 1.82) is 0 Å². The Labute approximate surface area is 201 Å². The summed E-state index contributed by atoms with van der Waals surface area (Å²) in [6, 6.07) is 19.4. The SMILES string of the molecule is C[C@H]([C@H](O)c1ccc(NCCCCCCCCN)cc1)N1CCC(Cc2ccccc2)CC1. The Morgan fingerprint density at radius 1 is 0.909 bits per heavy atom. The second-order valence-electron chi connectivity index (χ2n) is 9.81. The molecule has 182 valence electrons. The minimum absolute atomic E-state index is 0.140. The van der Waals surface area contributed by atoms with E-state index in [0.717, 1.165) is 49.8 Å². The molecule has 0 aromatic heterocycles. The first kappa shape index (κ1) is 25.7. The van der Waals surface area contributed by atoms with Crippen molar-refractivity contribution in [3.63, 3.8) is 0 Å². The van der Waals surface area contributed by atoms with E-state index >= 15 is 0 Å². The molecule has 4 heteroatoms. The van der Waals surface area contributed by atoms with Crippen LogP contribution in [0.3, 0.4) is 0 Å². The van der Waals surface area contributed by atoms with Crippen LogP contribution < -0.4 is 11.1 Å². The van der Waals surface area contributed by atoms with Crippen molar-refractivity contribution >= 4 is 5.69 Å². The van der Waals surface area contributed by atoms with E-state index < -0.39 is 6.10 Å². The molecule has 1 aliphatic heterocycles. The van der Waals surface area contributed by atoms with Gasteiger partial charge in [-0.1, -0.05) is 68.1 Å². The van der Waals surface area contributed by atoms with Crippen LogP contribution in [0.25, 0.3) is 0 Å². The number of aliphatic hydroxyl groups is 1. The number of likely N-dealkylation sites (tertiary alicyclic amines) is 1. The Morgan fingerprint density at radius 2 is 1.55 bits per heavy atom. The van der Waals surface area contributed by atoms with Gasteiger partial charge in [0.15, 0.2) is 0 Å². The monoisotopic (exact) mass is 451 g/mol. The lowest BCUT2D eigenvalue weighted by Crippen LogP contribution is -2.43. The summed E-state index contributed by atoms with van der Waals surface area (Å²) in [4.78, 5) is 2.46. The average molecular weight is 452 g/mol. The highest BCUT2D eigenvalue weighted by Gasteiger charge is 2.27. The van der Waals surface area contributed by atoms with Gasteiger partial charge in [0.05, 0.1) is 6.10 Å². The minimum atomic E-state index is -0.446. The fourth-order valence-corrected chi connectivity index (χ4v) is 5.00. The van der Waals surface area contributed by atoms with Gasteiger partial charge in [-0.3, -0.25) is 4.90 Å². The Kier molecular flexibility index (Phi) is 11.2. The molecule has 1 saturated heterocycles. The number of hydrogen-bond acceptors (Lipinski definition) is 4. The van der Waals surface area contributed by atoms with E-state index in [-0.39, 0.29) is 6.04 Å². The van der Waals surface area contributed by atoms with Crippen molar-refractivity contribution in [1.82, 2.24) is 4.90 Å². The number of piperidine rings is 1. The molecule has 0 radical (unpaired) electrons. The van der Waals surface area contributed by atoms with Gasteiger partial charge in [-0.05, 0) is 87.8 Å². The van der Waals surface area contributed by atoms with E-state index in [1.807, 2.05) is 0 Å². The van der Waals surface area contributed by atoms with Gasteiger partial charge in [-0.15, -0.1) is 0 Å². The summed E-state index contributed by atoms with van der Waals surface area (Å²) >= 11 is 0. The summed E-state index contributed by atoms with van der Waals surface area (Å²) in [5.41, 5.74) is 9.14. The molecule has 1 aliphatic rings. The first-order valence-electron chi connectivity index (χ1n) is 13.2. The largest absolute Gasteiger partial charge is 0.387 e. The van der Waals surface area contributed by atoms with E-state index in [1.54, 1.807) is 0 Å². The molecule has 4 N–H and O–H groups in total. The quantitative estimate of drug-likeness (QED) is 0.319. The lowest BCUT2D eigenvalue weighted by Gasteiger charge is -2.38. The van der Waals surface area contributed by atoms with E-state index in [1.165, 1.54) is 56.9 Å². The van der Waals surface area contributed by atoms with E-state index in [4.69, 9.17) is 5.73 Å². The maximum absolute atomic E-state index is 11.0. The molecule has 0 bridgehead atoms. The maximum Gasteiger partial charge on any atom is 0.0942 e. The highest BCUT2D eigenvalue weighted by atomic mass is 16.3. The number of hydrogen-bond donors (Lipinski definition) is 3. The van der Waals surface area contributed by atoms with Crippen molar-refractivity contribution in [3.05, 3.63) is 65.7 Å². The summed E-state index contributed by atoms with van der Waals surface area (Å²) < 4.78 is 0. The number of nitrogens with zero attached hydrogens (tertiary/aromatic N) is 1. The van der Waals surface area contributed by atoms with Gasteiger partial charge in [0.25, 0.3) is 0 Å². The van der Waals surface area contributed by atoms with Crippen LogP contribution >= 0.6 is 0 Å². The molecule has 0 spiro atoms. The van der Waals surface area contributed by atoms with Gasteiger partial charge in [-0.2, -0.15) is 0 Å². The van der Waals surface area contributed by atoms with Crippen LogP contribution in [0.4, 0.5) is 5.69 Å². The van der Waals surface area contributed by atoms with Crippen LogP contribution in [0.1, 0.15) is 75.5 Å². The number of nitrogens with two attached hydrogens (primary N) is 1. The van der Waals surface area contributed by atoms with E-state index in [9.17, 15) is 5.11 Å². The van der Waals surface area contributed by atoms with Gasteiger partial charge in [0, 0.05) is 18.3 Å². The maximum atomic E-state index is 11.0. The molecule has 0 aliphatic carbocycles. The molecule has 33 heavy (non-hydrogen) atoms. The molecule has 1 heterocycles.